The van der Waals surface area contributed by atoms with Crippen LogP contribution in [0.3, 0.4) is 0 Å². The number of carbonyl (C=O) groups is 1. The highest BCUT2D eigenvalue weighted by molar-refractivity contribution is 7.92. The lowest BCUT2D eigenvalue weighted by Crippen LogP contribution is -2.35. The SMILES string of the molecule is CN(C)CCCN(C(=O)c1ccc(S(=O)(=O)N2CCCc3ccccc32)cc1)c1nc2ccccc2s1.Cl. The molecular weight excluding hydrogens is 540 g/mol. The number of carbonyl (C=O) groups excluding carboxylic acids is 1. The molecule has 4 aromatic rings. The van der Waals surface area contributed by atoms with Gasteiger partial charge in [0.15, 0.2) is 5.13 Å². The van der Waals surface area contributed by atoms with E-state index in [1.807, 2.05) is 62.6 Å². The summed E-state index contributed by atoms with van der Waals surface area (Å²) in [6, 6.07) is 21.8. The van der Waals surface area contributed by atoms with E-state index in [1.54, 1.807) is 17.0 Å². The Morgan fingerprint density at radius 3 is 2.42 bits per heavy atom. The van der Waals surface area contributed by atoms with Crippen molar-refractivity contribution >= 4 is 60.7 Å². The van der Waals surface area contributed by atoms with Crippen molar-refractivity contribution < 1.29 is 13.2 Å². The van der Waals surface area contributed by atoms with E-state index in [1.165, 1.54) is 27.8 Å². The van der Waals surface area contributed by atoms with Crippen LogP contribution in [0.5, 0.6) is 0 Å². The summed E-state index contributed by atoms with van der Waals surface area (Å²) in [7, 11) is 0.269. The fourth-order valence-electron chi connectivity index (χ4n) is 4.61. The highest BCUT2D eigenvalue weighted by Crippen LogP contribution is 2.33. The van der Waals surface area contributed by atoms with Crippen LogP contribution in [0, 0.1) is 0 Å². The van der Waals surface area contributed by atoms with Crippen molar-refractivity contribution in [1.29, 1.82) is 0 Å². The summed E-state index contributed by atoms with van der Waals surface area (Å²) in [5, 5.41) is 0.645. The molecular formula is C28H31ClN4O3S2. The van der Waals surface area contributed by atoms with Gasteiger partial charge in [0.2, 0.25) is 0 Å². The largest absolute Gasteiger partial charge is 0.309 e. The number of nitrogens with zero attached hydrogens (tertiary/aromatic N) is 4. The lowest BCUT2D eigenvalue weighted by atomic mass is 10.0. The predicted octanol–water partition coefficient (Wildman–Crippen LogP) is 5.46. The Bertz CT molecular complexity index is 1490. The second-order valence-electron chi connectivity index (χ2n) is 9.41. The van der Waals surface area contributed by atoms with Crippen LogP contribution in [0.25, 0.3) is 10.2 Å². The topological polar surface area (TPSA) is 73.8 Å². The molecule has 2 heterocycles. The van der Waals surface area contributed by atoms with Crippen molar-refractivity contribution in [2.45, 2.75) is 24.2 Å². The molecule has 200 valence electrons. The number of amides is 1. The number of hydrogen-bond donors (Lipinski definition) is 0. The first-order chi connectivity index (χ1) is 17.8. The molecule has 0 N–H and O–H groups in total. The minimum absolute atomic E-state index is 0. The van der Waals surface area contributed by atoms with Crippen LogP contribution in [0.15, 0.2) is 77.7 Å². The van der Waals surface area contributed by atoms with Gasteiger partial charge in [-0.2, -0.15) is 0 Å². The van der Waals surface area contributed by atoms with E-state index in [9.17, 15) is 13.2 Å². The number of sulfonamides is 1. The normalized spacial score (nSPS) is 13.3. The van der Waals surface area contributed by atoms with Gasteiger partial charge in [-0.15, -0.1) is 12.4 Å². The van der Waals surface area contributed by atoms with E-state index < -0.39 is 10.0 Å². The summed E-state index contributed by atoms with van der Waals surface area (Å²) in [4.78, 5) is 22.3. The molecule has 0 atom stereocenters. The summed E-state index contributed by atoms with van der Waals surface area (Å²) < 4.78 is 29.5. The van der Waals surface area contributed by atoms with E-state index >= 15 is 0 Å². The number of para-hydroxylation sites is 2. The number of anilines is 2. The fourth-order valence-corrected chi connectivity index (χ4v) is 7.14. The Morgan fingerprint density at radius 1 is 0.974 bits per heavy atom. The Kier molecular flexibility index (Phi) is 8.72. The van der Waals surface area contributed by atoms with Crippen LogP contribution >= 0.6 is 23.7 Å². The third-order valence-corrected chi connectivity index (χ3v) is 9.39. The minimum atomic E-state index is -3.74. The Labute approximate surface area is 234 Å². The number of aryl methyl sites for hydroxylation is 1. The van der Waals surface area contributed by atoms with E-state index in [2.05, 4.69) is 4.90 Å². The number of benzene rings is 3. The molecule has 10 heteroatoms. The molecule has 1 aliphatic rings. The van der Waals surface area contributed by atoms with Crippen molar-refractivity contribution in [3.8, 4) is 0 Å². The van der Waals surface area contributed by atoms with Gasteiger partial charge in [0.25, 0.3) is 15.9 Å². The smallest absolute Gasteiger partial charge is 0.264 e. The summed E-state index contributed by atoms with van der Waals surface area (Å²) in [5.74, 6) is -0.190. The van der Waals surface area contributed by atoms with Gasteiger partial charge in [-0.25, -0.2) is 13.4 Å². The van der Waals surface area contributed by atoms with Crippen LogP contribution in [-0.2, 0) is 16.4 Å². The lowest BCUT2D eigenvalue weighted by Gasteiger charge is -2.30. The van der Waals surface area contributed by atoms with Crippen LogP contribution < -0.4 is 9.21 Å². The third kappa shape index (κ3) is 5.71. The van der Waals surface area contributed by atoms with Gasteiger partial charge < -0.3 is 4.90 Å². The maximum atomic E-state index is 13.6. The van der Waals surface area contributed by atoms with E-state index in [0.29, 0.717) is 23.8 Å². The zero-order chi connectivity index (χ0) is 26.0. The van der Waals surface area contributed by atoms with Crippen molar-refractivity contribution in [3.05, 3.63) is 83.9 Å². The van der Waals surface area contributed by atoms with Gasteiger partial charge in [0, 0.05) is 18.7 Å². The number of hydrogen-bond acceptors (Lipinski definition) is 6. The lowest BCUT2D eigenvalue weighted by molar-refractivity contribution is 0.0986. The first kappa shape index (κ1) is 28.0. The van der Waals surface area contributed by atoms with Gasteiger partial charge in [-0.1, -0.05) is 41.7 Å². The minimum Gasteiger partial charge on any atom is -0.309 e. The standard InChI is InChI=1S/C28H30N4O3S2.ClH/c1-30(2)18-8-19-31(28-29-24-11-4-6-13-26(24)36-28)27(33)22-14-16-23(17-15-22)37(34,35)32-20-7-10-21-9-3-5-12-25(21)32;/h3-6,9,11-17H,7-8,10,18-20H2,1-2H3;1H. The molecule has 7 nitrogen and oxygen atoms in total. The molecule has 3 aromatic carbocycles. The molecule has 0 saturated heterocycles. The first-order valence-electron chi connectivity index (χ1n) is 12.4. The van der Waals surface area contributed by atoms with Crippen LogP contribution in [-0.4, -0.2) is 57.9 Å². The number of rotatable bonds is 8. The molecule has 1 aromatic heterocycles. The van der Waals surface area contributed by atoms with Gasteiger partial charge >= 0.3 is 0 Å². The van der Waals surface area contributed by atoms with E-state index in [0.717, 1.165) is 47.3 Å². The van der Waals surface area contributed by atoms with Gasteiger partial charge in [0.1, 0.15) is 0 Å². The highest BCUT2D eigenvalue weighted by atomic mass is 35.5. The number of aromatic nitrogens is 1. The third-order valence-electron chi connectivity index (χ3n) is 6.50. The molecule has 1 amide bonds. The van der Waals surface area contributed by atoms with Crippen molar-refractivity contribution in [3.63, 3.8) is 0 Å². The molecule has 5 rings (SSSR count). The predicted molar refractivity (Wildman–Crippen MR) is 157 cm³/mol. The molecule has 0 unspecified atom stereocenters. The fraction of sp³-hybridized carbons (Fsp3) is 0.286. The number of fused-ring (bicyclic) bond motifs is 2. The summed E-state index contributed by atoms with van der Waals surface area (Å²) in [5.41, 5.74) is 3.06. The molecule has 1 aliphatic heterocycles. The van der Waals surface area contributed by atoms with E-state index in [4.69, 9.17) is 4.98 Å². The highest BCUT2D eigenvalue weighted by Gasteiger charge is 2.29. The Balaban J connectivity index is 0.00000336. The number of thiazole rings is 1. The monoisotopic (exact) mass is 570 g/mol. The van der Waals surface area contributed by atoms with Gasteiger partial charge in [-0.3, -0.25) is 14.0 Å². The van der Waals surface area contributed by atoms with Crippen molar-refractivity contribution in [1.82, 2.24) is 9.88 Å². The maximum Gasteiger partial charge on any atom is 0.264 e. The van der Waals surface area contributed by atoms with Crippen molar-refractivity contribution in [2.75, 3.05) is 42.9 Å². The molecule has 38 heavy (non-hydrogen) atoms. The molecule has 0 aliphatic carbocycles. The second kappa shape index (κ2) is 11.8. The molecule has 0 fully saturated rings. The van der Waals surface area contributed by atoms with Crippen LogP contribution in [0.1, 0.15) is 28.8 Å². The quantitative estimate of drug-likeness (QED) is 0.281. The van der Waals surface area contributed by atoms with Crippen molar-refractivity contribution in [2.24, 2.45) is 0 Å². The second-order valence-corrected chi connectivity index (χ2v) is 12.3. The zero-order valence-corrected chi connectivity index (χ0v) is 23.9. The summed E-state index contributed by atoms with van der Waals surface area (Å²) in [6.45, 7) is 1.79. The first-order valence-corrected chi connectivity index (χ1v) is 14.6. The number of halogens is 1. The Morgan fingerprint density at radius 2 is 1.68 bits per heavy atom. The Hall–Kier alpha value is -2.98. The molecule has 0 bridgehead atoms. The van der Waals surface area contributed by atoms with Gasteiger partial charge in [0.05, 0.1) is 20.8 Å². The average Bonchev–Trinajstić information content (AvgIpc) is 3.34. The molecule has 0 radical (unpaired) electrons. The van der Waals surface area contributed by atoms with Crippen LogP contribution in [0.2, 0.25) is 0 Å². The van der Waals surface area contributed by atoms with Crippen LogP contribution in [0.4, 0.5) is 10.8 Å². The summed E-state index contributed by atoms with van der Waals surface area (Å²) >= 11 is 1.48. The molecule has 0 saturated carbocycles. The van der Waals surface area contributed by atoms with E-state index in [-0.39, 0.29) is 23.2 Å². The molecule has 0 spiro atoms. The maximum absolute atomic E-state index is 13.6. The van der Waals surface area contributed by atoms with Gasteiger partial charge in [-0.05, 0) is 87.9 Å². The summed E-state index contributed by atoms with van der Waals surface area (Å²) in [6.07, 6.45) is 2.43. The zero-order valence-electron chi connectivity index (χ0n) is 21.4. The average molecular weight is 571 g/mol.